The van der Waals surface area contributed by atoms with Gasteiger partial charge in [-0.1, -0.05) is 35.9 Å². The van der Waals surface area contributed by atoms with Crippen LogP contribution in [0.25, 0.3) is 11.8 Å². The van der Waals surface area contributed by atoms with E-state index in [1.54, 1.807) is 17.9 Å². The van der Waals surface area contributed by atoms with E-state index in [-0.39, 0.29) is 11.5 Å². The molecule has 5 nitrogen and oxygen atoms in total. The van der Waals surface area contributed by atoms with Crippen molar-refractivity contribution < 1.29 is 14.3 Å². The van der Waals surface area contributed by atoms with Crippen molar-refractivity contribution in [3.05, 3.63) is 99.5 Å². The molecular weight excluding hydrogens is 424 g/mol. The van der Waals surface area contributed by atoms with Gasteiger partial charge in [0.25, 0.3) is 5.91 Å². The second-order valence-corrected chi connectivity index (χ2v) is 8.06. The maximum absolute atomic E-state index is 13.5. The number of methoxy groups -OCH3 is 1. The summed E-state index contributed by atoms with van der Waals surface area (Å²) in [6.07, 6.45) is 1.77. The third-order valence-corrected chi connectivity index (χ3v) is 5.88. The number of aromatic nitrogens is 1. The molecule has 0 radical (unpaired) electrons. The van der Waals surface area contributed by atoms with Gasteiger partial charge in [0, 0.05) is 33.5 Å². The van der Waals surface area contributed by atoms with Crippen LogP contribution >= 0.6 is 11.6 Å². The lowest BCUT2D eigenvalue weighted by Gasteiger charge is -2.17. The predicted octanol–water partition coefficient (Wildman–Crippen LogP) is 5.62. The lowest BCUT2D eigenvalue weighted by atomic mass is 10.0. The molecule has 6 heteroatoms. The van der Waals surface area contributed by atoms with Gasteiger partial charge in [0.2, 0.25) is 0 Å². The number of aryl methyl sites for hydroxylation is 1. The lowest BCUT2D eigenvalue weighted by molar-refractivity contribution is -0.136. The van der Waals surface area contributed by atoms with Crippen molar-refractivity contribution in [2.45, 2.75) is 20.8 Å². The summed E-state index contributed by atoms with van der Waals surface area (Å²) in [6, 6.07) is 18.8. The molecule has 0 fully saturated rings. The van der Waals surface area contributed by atoms with Gasteiger partial charge < -0.3 is 9.30 Å². The molecule has 162 valence electrons. The molecule has 0 bridgehead atoms. The van der Waals surface area contributed by atoms with E-state index < -0.39 is 5.97 Å². The van der Waals surface area contributed by atoms with E-state index in [0.717, 1.165) is 22.6 Å². The first-order chi connectivity index (χ1) is 15.3. The van der Waals surface area contributed by atoms with E-state index in [2.05, 4.69) is 4.57 Å². The molecule has 0 spiro atoms. The Kier molecular flexibility index (Phi) is 5.76. The van der Waals surface area contributed by atoms with Crippen LogP contribution in [0.5, 0.6) is 0 Å². The van der Waals surface area contributed by atoms with Gasteiger partial charge in [0.15, 0.2) is 0 Å². The van der Waals surface area contributed by atoms with Crippen molar-refractivity contribution in [2.24, 2.45) is 0 Å². The van der Waals surface area contributed by atoms with E-state index in [4.69, 9.17) is 16.3 Å². The molecule has 0 N–H and O–H groups in total. The minimum Gasteiger partial charge on any atom is -0.465 e. The maximum Gasteiger partial charge on any atom is 0.340 e. The monoisotopic (exact) mass is 446 g/mol. The predicted molar refractivity (Wildman–Crippen MR) is 127 cm³/mol. The van der Waals surface area contributed by atoms with Crippen LogP contribution in [-0.4, -0.2) is 23.6 Å². The first-order valence-electron chi connectivity index (χ1n) is 10.2. The highest BCUT2D eigenvalue weighted by Crippen LogP contribution is 2.36. The molecule has 0 aliphatic carbocycles. The second kappa shape index (κ2) is 8.52. The fourth-order valence-corrected chi connectivity index (χ4v) is 4.35. The van der Waals surface area contributed by atoms with Crippen LogP contribution in [0.4, 0.5) is 5.69 Å². The molecule has 4 rings (SSSR count). The highest BCUT2D eigenvalue weighted by Gasteiger charge is 2.38. The molecule has 0 saturated heterocycles. The Bertz CT molecular complexity index is 1290. The molecule has 1 aromatic heterocycles. The number of ether oxygens (including phenoxy) is 1. The third-order valence-electron chi connectivity index (χ3n) is 5.64. The lowest BCUT2D eigenvalue weighted by Crippen LogP contribution is -2.24. The van der Waals surface area contributed by atoms with Crippen LogP contribution in [-0.2, 0) is 14.3 Å². The third kappa shape index (κ3) is 3.65. The minimum atomic E-state index is -0.538. The van der Waals surface area contributed by atoms with E-state index >= 15 is 0 Å². The minimum absolute atomic E-state index is 0.262. The summed E-state index contributed by atoms with van der Waals surface area (Å²) in [6.45, 7) is 5.72. The molecule has 0 saturated carbocycles. The number of allylic oxidation sites excluding steroid dienone is 1. The van der Waals surface area contributed by atoms with Gasteiger partial charge in [-0.05, 0) is 68.8 Å². The summed E-state index contributed by atoms with van der Waals surface area (Å²) in [5.74, 6) is -0.800. The standard InChI is InChI=1S/C26H23ClN2O3/c1-16-13-19(17(2)28(16)22-12-8-9-20(27)15-22)14-23-24(26(31)32-4)18(3)29(25(23)30)21-10-6-5-7-11-21/h5-15H,1-4H3/b23-14-. The molecule has 1 aliphatic heterocycles. The molecule has 2 heterocycles. The summed E-state index contributed by atoms with van der Waals surface area (Å²) in [7, 11) is 1.32. The largest absolute Gasteiger partial charge is 0.465 e. The first kappa shape index (κ1) is 21.7. The van der Waals surface area contributed by atoms with Crippen LogP contribution in [0.15, 0.2) is 77.5 Å². The van der Waals surface area contributed by atoms with Crippen LogP contribution in [0.1, 0.15) is 23.9 Å². The van der Waals surface area contributed by atoms with Crippen molar-refractivity contribution >= 4 is 35.2 Å². The van der Waals surface area contributed by atoms with E-state index in [1.807, 2.05) is 74.5 Å². The highest BCUT2D eigenvalue weighted by atomic mass is 35.5. The number of carbonyl (C=O) groups is 2. The second-order valence-electron chi connectivity index (χ2n) is 7.63. The Morgan fingerprint density at radius 2 is 1.66 bits per heavy atom. The molecule has 2 aromatic carbocycles. The Morgan fingerprint density at radius 3 is 2.31 bits per heavy atom. The number of nitrogens with zero attached hydrogens (tertiary/aromatic N) is 2. The maximum atomic E-state index is 13.5. The Hall–Kier alpha value is -3.57. The van der Waals surface area contributed by atoms with Crippen molar-refractivity contribution in [2.75, 3.05) is 12.0 Å². The summed E-state index contributed by atoms with van der Waals surface area (Å²) in [5.41, 5.74) is 5.52. The molecule has 1 amide bonds. The van der Waals surface area contributed by atoms with E-state index in [1.165, 1.54) is 7.11 Å². The average molecular weight is 447 g/mol. The zero-order valence-electron chi connectivity index (χ0n) is 18.3. The van der Waals surface area contributed by atoms with Crippen molar-refractivity contribution in [1.29, 1.82) is 0 Å². The molecule has 0 atom stereocenters. The first-order valence-corrected chi connectivity index (χ1v) is 10.6. The number of hydrogen-bond donors (Lipinski definition) is 0. The zero-order chi connectivity index (χ0) is 23.0. The summed E-state index contributed by atoms with van der Waals surface area (Å²) >= 11 is 6.19. The number of anilines is 1. The quantitative estimate of drug-likeness (QED) is 0.386. The topological polar surface area (TPSA) is 51.5 Å². The van der Waals surface area contributed by atoms with Gasteiger partial charge in [-0.2, -0.15) is 0 Å². The van der Waals surface area contributed by atoms with Gasteiger partial charge in [-0.15, -0.1) is 0 Å². The van der Waals surface area contributed by atoms with Crippen molar-refractivity contribution in [3.8, 4) is 5.69 Å². The van der Waals surface area contributed by atoms with E-state index in [9.17, 15) is 9.59 Å². The number of hydrogen-bond acceptors (Lipinski definition) is 3. The van der Waals surface area contributed by atoms with Gasteiger partial charge in [-0.25, -0.2) is 4.79 Å². The smallest absolute Gasteiger partial charge is 0.340 e. The molecule has 1 aliphatic rings. The fraction of sp³-hybridized carbons (Fsp3) is 0.154. The van der Waals surface area contributed by atoms with Crippen molar-refractivity contribution in [3.63, 3.8) is 0 Å². The normalized spacial score (nSPS) is 15.1. The van der Waals surface area contributed by atoms with Crippen LogP contribution in [0.2, 0.25) is 5.02 Å². The molecular formula is C26H23ClN2O3. The highest BCUT2D eigenvalue weighted by molar-refractivity contribution is 6.30. The van der Waals surface area contributed by atoms with Gasteiger partial charge in [0.05, 0.1) is 18.3 Å². The number of carbonyl (C=O) groups excluding carboxylic acids is 2. The Morgan fingerprint density at radius 1 is 0.969 bits per heavy atom. The summed E-state index contributed by atoms with van der Waals surface area (Å²) in [4.78, 5) is 27.6. The average Bonchev–Trinajstić information content (AvgIpc) is 3.19. The number of amides is 1. The number of esters is 1. The van der Waals surface area contributed by atoms with Crippen LogP contribution in [0.3, 0.4) is 0 Å². The number of benzene rings is 2. The zero-order valence-corrected chi connectivity index (χ0v) is 19.1. The number of halogens is 1. The summed E-state index contributed by atoms with van der Waals surface area (Å²) < 4.78 is 7.08. The van der Waals surface area contributed by atoms with Crippen LogP contribution in [0, 0.1) is 13.8 Å². The molecule has 0 unspecified atom stereocenters. The fourth-order valence-electron chi connectivity index (χ4n) is 4.17. The Balaban J connectivity index is 1.85. The van der Waals surface area contributed by atoms with Crippen LogP contribution < -0.4 is 4.90 Å². The molecule has 32 heavy (non-hydrogen) atoms. The Labute approximate surface area is 192 Å². The molecule has 3 aromatic rings. The summed E-state index contributed by atoms with van der Waals surface area (Å²) in [5, 5.41) is 0.644. The number of para-hydroxylation sites is 1. The van der Waals surface area contributed by atoms with Gasteiger partial charge >= 0.3 is 5.97 Å². The van der Waals surface area contributed by atoms with E-state index in [0.29, 0.717) is 22.0 Å². The van der Waals surface area contributed by atoms with Crippen molar-refractivity contribution in [1.82, 2.24) is 4.57 Å². The number of rotatable bonds is 4. The van der Waals surface area contributed by atoms with Gasteiger partial charge in [-0.3, -0.25) is 9.69 Å². The van der Waals surface area contributed by atoms with Gasteiger partial charge in [0.1, 0.15) is 0 Å². The SMILES string of the molecule is COC(=O)C1=C(C)N(c2ccccc2)C(=O)/C1=C\c1cc(C)n(-c2cccc(Cl)c2)c1C.